The van der Waals surface area contributed by atoms with E-state index >= 15 is 0 Å². The van der Waals surface area contributed by atoms with Gasteiger partial charge in [-0.2, -0.15) is 13.2 Å². The summed E-state index contributed by atoms with van der Waals surface area (Å²) in [4.78, 5) is 21.0. The fourth-order valence-electron chi connectivity index (χ4n) is 3.39. The van der Waals surface area contributed by atoms with Gasteiger partial charge in [0.25, 0.3) is 5.91 Å². The van der Waals surface area contributed by atoms with Crippen molar-refractivity contribution in [2.75, 3.05) is 5.32 Å². The third-order valence-electron chi connectivity index (χ3n) is 4.77. The number of thiazole rings is 1. The molecule has 0 saturated heterocycles. The Labute approximate surface area is 188 Å². The van der Waals surface area contributed by atoms with Crippen LogP contribution in [-0.2, 0) is 11.0 Å². The summed E-state index contributed by atoms with van der Waals surface area (Å²) >= 11 is 0.727. The number of benzene rings is 1. The van der Waals surface area contributed by atoms with Gasteiger partial charge in [-0.05, 0) is 43.9 Å². The molecule has 2 atom stereocenters. The van der Waals surface area contributed by atoms with E-state index in [-0.39, 0.29) is 22.9 Å². The van der Waals surface area contributed by atoms with Crippen LogP contribution in [0.25, 0.3) is 0 Å². The normalized spacial score (nSPS) is 18.8. The first kappa shape index (κ1) is 23.7. The first-order valence-corrected chi connectivity index (χ1v) is 10.9. The minimum atomic E-state index is -4.69. The van der Waals surface area contributed by atoms with Gasteiger partial charge < -0.3 is 10.2 Å². The minimum Gasteiger partial charge on any atom is -0.393 e. The Kier molecular flexibility index (Phi) is 7.18. The summed E-state index contributed by atoms with van der Waals surface area (Å²) in [5, 5.41) is 6.79. The number of amides is 1. The summed E-state index contributed by atoms with van der Waals surface area (Å²) in [7, 11) is 0. The molecule has 0 aliphatic heterocycles. The van der Waals surface area contributed by atoms with Gasteiger partial charge in [0.15, 0.2) is 5.69 Å². The number of aryl methyl sites for hydroxylation is 1. The van der Waals surface area contributed by atoms with Crippen molar-refractivity contribution in [3.63, 3.8) is 0 Å². The van der Waals surface area contributed by atoms with Crippen molar-refractivity contribution in [1.82, 2.24) is 4.98 Å². The first-order chi connectivity index (χ1) is 15.1. The van der Waals surface area contributed by atoms with Crippen LogP contribution in [0.4, 0.5) is 18.9 Å². The van der Waals surface area contributed by atoms with Crippen molar-refractivity contribution < 1.29 is 22.8 Å². The topological polar surface area (TPSA) is 63.6 Å². The number of aromatic nitrogens is 1. The van der Waals surface area contributed by atoms with Gasteiger partial charge in [0.2, 0.25) is 0 Å². The second-order valence-electron chi connectivity index (χ2n) is 7.75. The smallest absolute Gasteiger partial charge is 0.393 e. The standard InChI is InChI=1S/C23H24F3N3O2S/c1-13(2)31-27-12-16-9-10-17(14(3)11-16)18-7-5-6-8-19(18)29-22(30)20-21(23(24,25)26)28-15(4)32-20/h5-14,17H,1-4H3,(H,29,30)/b27-12-. The van der Waals surface area contributed by atoms with Crippen LogP contribution in [0.1, 0.15) is 52.6 Å². The number of oxime groups is 1. The van der Waals surface area contributed by atoms with E-state index in [1.165, 1.54) is 6.92 Å². The van der Waals surface area contributed by atoms with Crippen LogP contribution in [0.5, 0.6) is 0 Å². The molecule has 1 aliphatic carbocycles. The number of nitrogens with one attached hydrogen (secondary N) is 1. The average Bonchev–Trinajstić information content (AvgIpc) is 3.11. The predicted octanol–water partition coefficient (Wildman–Crippen LogP) is 6.35. The Morgan fingerprint density at radius 3 is 2.69 bits per heavy atom. The van der Waals surface area contributed by atoms with Crippen molar-refractivity contribution in [2.45, 2.75) is 45.9 Å². The van der Waals surface area contributed by atoms with Crippen molar-refractivity contribution >= 4 is 29.1 Å². The molecule has 32 heavy (non-hydrogen) atoms. The number of rotatable bonds is 6. The van der Waals surface area contributed by atoms with Crippen molar-refractivity contribution in [3.05, 3.63) is 69.2 Å². The molecule has 1 N–H and O–H groups in total. The molecule has 5 nitrogen and oxygen atoms in total. The van der Waals surface area contributed by atoms with Crippen molar-refractivity contribution in [1.29, 1.82) is 0 Å². The lowest BCUT2D eigenvalue weighted by molar-refractivity contribution is -0.141. The second-order valence-corrected chi connectivity index (χ2v) is 8.95. The van der Waals surface area contributed by atoms with E-state index < -0.39 is 22.7 Å². The Hall–Kier alpha value is -2.94. The number of hydrogen-bond acceptors (Lipinski definition) is 5. The molecule has 1 aromatic carbocycles. The zero-order chi connectivity index (χ0) is 23.5. The van der Waals surface area contributed by atoms with Crippen LogP contribution < -0.4 is 5.32 Å². The van der Waals surface area contributed by atoms with Gasteiger partial charge in [-0.1, -0.05) is 48.5 Å². The minimum absolute atomic E-state index is 0.0136. The lowest BCUT2D eigenvalue weighted by Gasteiger charge is -2.25. The zero-order valence-corrected chi connectivity index (χ0v) is 18.9. The highest BCUT2D eigenvalue weighted by Gasteiger charge is 2.39. The second kappa shape index (κ2) is 9.68. The molecule has 1 heterocycles. The largest absolute Gasteiger partial charge is 0.435 e. The zero-order valence-electron chi connectivity index (χ0n) is 18.1. The van der Waals surface area contributed by atoms with Gasteiger partial charge in [0.05, 0.1) is 11.2 Å². The number of para-hydroxylation sites is 1. The molecule has 170 valence electrons. The number of hydrogen-bond donors (Lipinski definition) is 1. The summed E-state index contributed by atoms with van der Waals surface area (Å²) in [6.45, 7) is 7.24. The van der Waals surface area contributed by atoms with E-state index in [4.69, 9.17) is 4.84 Å². The SMILES string of the molecule is Cc1nc(C(F)(F)F)c(C(=O)Nc2ccccc2C2C=CC(/C=N\OC(C)C)=CC2C)s1. The van der Waals surface area contributed by atoms with Gasteiger partial charge in [0.1, 0.15) is 11.0 Å². The lowest BCUT2D eigenvalue weighted by Crippen LogP contribution is -2.19. The molecule has 0 saturated carbocycles. The summed E-state index contributed by atoms with van der Waals surface area (Å²) in [6.07, 6.45) is 2.86. The quantitative estimate of drug-likeness (QED) is 0.401. The number of carbonyl (C=O) groups is 1. The highest BCUT2D eigenvalue weighted by molar-refractivity contribution is 7.13. The first-order valence-electron chi connectivity index (χ1n) is 10.1. The fraction of sp³-hybridized carbons (Fsp3) is 0.348. The highest BCUT2D eigenvalue weighted by Crippen LogP contribution is 2.37. The van der Waals surface area contributed by atoms with Gasteiger partial charge in [-0.3, -0.25) is 4.79 Å². The van der Waals surface area contributed by atoms with Crippen LogP contribution in [0.2, 0.25) is 0 Å². The molecule has 1 aromatic heterocycles. The number of alkyl halides is 3. The summed E-state index contributed by atoms with van der Waals surface area (Å²) in [5.41, 5.74) is 1.01. The van der Waals surface area contributed by atoms with E-state index in [9.17, 15) is 18.0 Å². The van der Waals surface area contributed by atoms with E-state index in [1.807, 2.05) is 51.1 Å². The monoisotopic (exact) mass is 463 g/mol. The summed E-state index contributed by atoms with van der Waals surface area (Å²) in [5.74, 6) is -0.827. The molecule has 1 aliphatic rings. The van der Waals surface area contributed by atoms with Crippen molar-refractivity contribution in [2.24, 2.45) is 11.1 Å². The molecule has 1 amide bonds. The van der Waals surface area contributed by atoms with Crippen LogP contribution >= 0.6 is 11.3 Å². The van der Waals surface area contributed by atoms with Crippen LogP contribution in [0.15, 0.2) is 53.2 Å². The number of allylic oxidation sites excluding steroid dienone is 4. The Morgan fingerprint density at radius 1 is 1.31 bits per heavy atom. The molecule has 0 fully saturated rings. The van der Waals surface area contributed by atoms with E-state index in [1.54, 1.807) is 18.3 Å². The Morgan fingerprint density at radius 2 is 2.03 bits per heavy atom. The van der Waals surface area contributed by atoms with Crippen LogP contribution in [-0.4, -0.2) is 23.2 Å². The molecule has 0 bridgehead atoms. The lowest BCUT2D eigenvalue weighted by atomic mass is 9.81. The highest BCUT2D eigenvalue weighted by atomic mass is 32.1. The third kappa shape index (κ3) is 5.64. The summed E-state index contributed by atoms with van der Waals surface area (Å²) < 4.78 is 39.8. The number of anilines is 1. The molecule has 0 radical (unpaired) electrons. The number of nitrogens with zero attached hydrogens (tertiary/aromatic N) is 2. The van der Waals surface area contributed by atoms with E-state index in [0.717, 1.165) is 22.5 Å². The molecule has 2 aromatic rings. The Bertz CT molecular complexity index is 1070. The molecule has 9 heteroatoms. The number of carbonyl (C=O) groups excluding carboxylic acids is 1. The number of halogens is 3. The maximum atomic E-state index is 13.3. The maximum absolute atomic E-state index is 13.3. The molecular formula is C23H24F3N3O2S. The van der Waals surface area contributed by atoms with Gasteiger partial charge in [0, 0.05) is 11.6 Å². The molecule has 0 spiro atoms. The van der Waals surface area contributed by atoms with Crippen LogP contribution in [0.3, 0.4) is 0 Å². The Balaban J connectivity index is 1.82. The molecule has 3 rings (SSSR count). The van der Waals surface area contributed by atoms with E-state index in [0.29, 0.717) is 5.69 Å². The van der Waals surface area contributed by atoms with Gasteiger partial charge in [-0.15, -0.1) is 11.3 Å². The molecular weight excluding hydrogens is 439 g/mol. The predicted molar refractivity (Wildman–Crippen MR) is 120 cm³/mol. The van der Waals surface area contributed by atoms with Crippen LogP contribution in [0, 0.1) is 12.8 Å². The average molecular weight is 464 g/mol. The van der Waals surface area contributed by atoms with Gasteiger partial charge in [-0.25, -0.2) is 4.98 Å². The fourth-order valence-corrected chi connectivity index (χ4v) is 4.23. The maximum Gasteiger partial charge on any atom is 0.435 e. The molecule has 2 unspecified atom stereocenters. The van der Waals surface area contributed by atoms with Gasteiger partial charge >= 0.3 is 6.18 Å². The van der Waals surface area contributed by atoms with Crippen molar-refractivity contribution in [3.8, 4) is 0 Å². The van der Waals surface area contributed by atoms with E-state index in [2.05, 4.69) is 15.5 Å². The summed E-state index contributed by atoms with van der Waals surface area (Å²) in [6, 6.07) is 7.11. The third-order valence-corrected chi connectivity index (χ3v) is 5.74.